The van der Waals surface area contributed by atoms with Crippen molar-refractivity contribution in [2.75, 3.05) is 0 Å². The molecule has 1 aliphatic carbocycles. The van der Waals surface area contributed by atoms with Gasteiger partial charge in [0, 0.05) is 22.9 Å². The van der Waals surface area contributed by atoms with Gasteiger partial charge < -0.3 is 0 Å². The van der Waals surface area contributed by atoms with Gasteiger partial charge in [-0.05, 0) is 31.4 Å². The predicted molar refractivity (Wildman–Crippen MR) is 71.3 cm³/mol. The fraction of sp³-hybridized carbons (Fsp3) is 0.533. The predicted octanol–water partition coefficient (Wildman–Crippen LogP) is 4.56. The highest BCUT2D eigenvalue weighted by atomic mass is 35.5. The molecule has 2 rings (SSSR count). The molecule has 0 N–H and O–H groups in total. The van der Waals surface area contributed by atoms with E-state index in [1.807, 2.05) is 0 Å². The van der Waals surface area contributed by atoms with E-state index in [9.17, 15) is 9.18 Å². The number of carbonyl (C=O) groups is 1. The fourth-order valence-electron chi connectivity index (χ4n) is 2.60. The highest BCUT2D eigenvalue weighted by molar-refractivity contribution is 6.31. The van der Waals surface area contributed by atoms with E-state index in [4.69, 9.17) is 11.6 Å². The van der Waals surface area contributed by atoms with Crippen LogP contribution in [0.2, 0.25) is 5.02 Å². The van der Waals surface area contributed by atoms with Crippen LogP contribution in [0.3, 0.4) is 0 Å². The zero-order valence-electron chi connectivity index (χ0n) is 10.4. The molecule has 0 amide bonds. The van der Waals surface area contributed by atoms with Crippen LogP contribution in [0.25, 0.3) is 0 Å². The summed E-state index contributed by atoms with van der Waals surface area (Å²) in [5.41, 5.74) is 0.498. The standard InChI is InChI=1S/C15H18ClFO/c16-13-7-5-8-14(17)12(13)10-11-6-3-1-2-4-9-15(11)18/h5,7-8,11H,1-4,6,9-10H2. The molecule has 0 radical (unpaired) electrons. The second kappa shape index (κ2) is 6.33. The molecule has 1 unspecified atom stereocenters. The number of ketones is 1. The van der Waals surface area contributed by atoms with E-state index in [2.05, 4.69) is 0 Å². The van der Waals surface area contributed by atoms with Crippen LogP contribution < -0.4 is 0 Å². The molecule has 0 saturated heterocycles. The Balaban J connectivity index is 2.13. The van der Waals surface area contributed by atoms with Gasteiger partial charge in [0.15, 0.2) is 0 Å². The molecule has 1 nitrogen and oxygen atoms in total. The molecule has 0 bridgehead atoms. The van der Waals surface area contributed by atoms with Crippen molar-refractivity contribution in [1.82, 2.24) is 0 Å². The first-order valence-corrected chi connectivity index (χ1v) is 7.02. The van der Waals surface area contributed by atoms with Crippen molar-refractivity contribution in [3.8, 4) is 0 Å². The van der Waals surface area contributed by atoms with Gasteiger partial charge in [-0.3, -0.25) is 4.79 Å². The Kier molecular flexibility index (Phi) is 4.76. The minimum absolute atomic E-state index is 0.0558. The molecule has 18 heavy (non-hydrogen) atoms. The van der Waals surface area contributed by atoms with Crippen molar-refractivity contribution in [2.45, 2.75) is 44.9 Å². The number of hydrogen-bond acceptors (Lipinski definition) is 1. The minimum Gasteiger partial charge on any atom is -0.299 e. The highest BCUT2D eigenvalue weighted by Gasteiger charge is 2.22. The molecule has 0 spiro atoms. The number of halogens is 2. The Morgan fingerprint density at radius 1 is 1.22 bits per heavy atom. The van der Waals surface area contributed by atoms with Crippen molar-refractivity contribution in [1.29, 1.82) is 0 Å². The Labute approximate surface area is 112 Å². The first-order chi connectivity index (χ1) is 8.68. The summed E-state index contributed by atoms with van der Waals surface area (Å²) in [4.78, 5) is 12.0. The normalized spacial score (nSPS) is 21.4. The number of benzene rings is 1. The van der Waals surface area contributed by atoms with Crippen molar-refractivity contribution < 1.29 is 9.18 Å². The van der Waals surface area contributed by atoms with Crippen LogP contribution >= 0.6 is 11.6 Å². The van der Waals surface area contributed by atoms with E-state index in [0.717, 1.165) is 25.7 Å². The summed E-state index contributed by atoms with van der Waals surface area (Å²) < 4.78 is 13.7. The number of carbonyl (C=O) groups excluding carboxylic acids is 1. The maximum Gasteiger partial charge on any atom is 0.136 e. The summed E-state index contributed by atoms with van der Waals surface area (Å²) in [5.74, 6) is -0.0777. The molecule has 0 heterocycles. The molecular weight excluding hydrogens is 251 g/mol. The second-order valence-corrected chi connectivity index (χ2v) is 5.43. The van der Waals surface area contributed by atoms with Gasteiger partial charge in [0.25, 0.3) is 0 Å². The third-order valence-corrected chi connectivity index (χ3v) is 4.05. The van der Waals surface area contributed by atoms with Crippen molar-refractivity contribution in [2.24, 2.45) is 5.92 Å². The summed E-state index contributed by atoms with van der Waals surface area (Å²) in [6.07, 6.45) is 6.29. The van der Waals surface area contributed by atoms with Crippen LogP contribution in [0.1, 0.15) is 44.1 Å². The van der Waals surface area contributed by atoms with E-state index >= 15 is 0 Å². The summed E-state index contributed by atoms with van der Waals surface area (Å²) in [5, 5.41) is 0.435. The quantitative estimate of drug-likeness (QED) is 0.768. The SMILES string of the molecule is O=C1CCCCCCC1Cc1c(F)cccc1Cl. The Bertz CT molecular complexity index is 410. The summed E-state index contributed by atoms with van der Waals surface area (Å²) in [6.45, 7) is 0. The number of hydrogen-bond donors (Lipinski definition) is 0. The molecule has 1 aromatic rings. The highest BCUT2D eigenvalue weighted by Crippen LogP contribution is 2.27. The Morgan fingerprint density at radius 3 is 2.78 bits per heavy atom. The molecule has 3 heteroatoms. The van der Waals surface area contributed by atoms with Crippen LogP contribution in [0.4, 0.5) is 4.39 Å². The van der Waals surface area contributed by atoms with Gasteiger partial charge in [0.05, 0.1) is 0 Å². The Morgan fingerprint density at radius 2 is 2.00 bits per heavy atom. The van der Waals surface area contributed by atoms with Gasteiger partial charge in [-0.15, -0.1) is 0 Å². The first-order valence-electron chi connectivity index (χ1n) is 6.64. The zero-order chi connectivity index (χ0) is 13.0. The van der Waals surface area contributed by atoms with E-state index < -0.39 is 0 Å². The second-order valence-electron chi connectivity index (χ2n) is 5.02. The van der Waals surface area contributed by atoms with E-state index in [0.29, 0.717) is 23.4 Å². The maximum absolute atomic E-state index is 13.7. The van der Waals surface area contributed by atoms with Crippen molar-refractivity contribution in [3.63, 3.8) is 0 Å². The van der Waals surface area contributed by atoms with Gasteiger partial charge in [-0.1, -0.05) is 36.9 Å². The molecular formula is C15H18ClFO. The third-order valence-electron chi connectivity index (χ3n) is 3.69. The molecule has 1 fully saturated rings. The molecule has 1 aromatic carbocycles. The molecule has 98 valence electrons. The molecule has 1 saturated carbocycles. The molecule has 0 aliphatic heterocycles. The monoisotopic (exact) mass is 268 g/mol. The lowest BCUT2D eigenvalue weighted by Gasteiger charge is -2.19. The van der Waals surface area contributed by atoms with Crippen LogP contribution in [-0.4, -0.2) is 5.78 Å². The average molecular weight is 269 g/mol. The lowest BCUT2D eigenvalue weighted by atomic mass is 9.85. The maximum atomic E-state index is 13.7. The number of Topliss-reactive ketones (excluding diaryl/α,β-unsaturated/α-hetero) is 1. The van der Waals surface area contributed by atoms with Gasteiger partial charge in [0.1, 0.15) is 11.6 Å². The zero-order valence-corrected chi connectivity index (χ0v) is 11.2. The van der Waals surface area contributed by atoms with Crippen LogP contribution in [-0.2, 0) is 11.2 Å². The molecule has 1 aliphatic rings. The minimum atomic E-state index is -0.294. The summed E-state index contributed by atoms with van der Waals surface area (Å²) in [7, 11) is 0. The van der Waals surface area contributed by atoms with Gasteiger partial charge in [0.2, 0.25) is 0 Å². The topological polar surface area (TPSA) is 17.1 Å². The van der Waals surface area contributed by atoms with E-state index in [1.54, 1.807) is 12.1 Å². The fourth-order valence-corrected chi connectivity index (χ4v) is 2.84. The first kappa shape index (κ1) is 13.5. The largest absolute Gasteiger partial charge is 0.299 e. The lowest BCUT2D eigenvalue weighted by molar-refractivity contribution is -0.123. The third kappa shape index (κ3) is 3.32. The summed E-state index contributed by atoms with van der Waals surface area (Å²) in [6, 6.07) is 4.70. The Hall–Kier alpha value is -0.890. The van der Waals surface area contributed by atoms with Crippen molar-refractivity contribution >= 4 is 17.4 Å². The van der Waals surface area contributed by atoms with Gasteiger partial charge in [-0.2, -0.15) is 0 Å². The van der Waals surface area contributed by atoms with E-state index in [1.165, 1.54) is 12.5 Å². The number of rotatable bonds is 2. The van der Waals surface area contributed by atoms with Crippen LogP contribution in [0.5, 0.6) is 0 Å². The smallest absolute Gasteiger partial charge is 0.136 e. The van der Waals surface area contributed by atoms with Gasteiger partial charge >= 0.3 is 0 Å². The average Bonchev–Trinajstić information content (AvgIpc) is 2.32. The lowest BCUT2D eigenvalue weighted by Crippen LogP contribution is -2.19. The van der Waals surface area contributed by atoms with Crippen LogP contribution in [0, 0.1) is 11.7 Å². The van der Waals surface area contributed by atoms with E-state index in [-0.39, 0.29) is 17.5 Å². The summed E-state index contributed by atoms with van der Waals surface area (Å²) >= 11 is 6.02. The molecule has 0 aromatic heterocycles. The van der Waals surface area contributed by atoms with Gasteiger partial charge in [-0.25, -0.2) is 4.39 Å². The van der Waals surface area contributed by atoms with Crippen LogP contribution in [0.15, 0.2) is 18.2 Å². The molecule has 1 atom stereocenters. The van der Waals surface area contributed by atoms with Crippen molar-refractivity contribution in [3.05, 3.63) is 34.6 Å².